The van der Waals surface area contributed by atoms with E-state index in [4.69, 9.17) is 0 Å². The molecule has 0 saturated heterocycles. The van der Waals surface area contributed by atoms with Gasteiger partial charge in [0, 0.05) is 38.4 Å². The van der Waals surface area contributed by atoms with Gasteiger partial charge in [0.1, 0.15) is 0 Å². The average Bonchev–Trinajstić information content (AvgIpc) is 3.11. The van der Waals surface area contributed by atoms with Crippen LogP contribution in [0.25, 0.3) is 4.96 Å². The molecule has 0 amide bonds. The Labute approximate surface area is 165 Å². The number of guanidine groups is 1. The highest BCUT2D eigenvalue weighted by atomic mass is 127. The van der Waals surface area contributed by atoms with E-state index in [1.807, 2.05) is 13.2 Å². The van der Waals surface area contributed by atoms with E-state index in [1.54, 1.807) is 11.3 Å². The highest BCUT2D eigenvalue weighted by Gasteiger charge is 2.20. The topological polar surface area (TPSA) is 44.9 Å². The molecule has 2 aromatic rings. The minimum atomic E-state index is 0. The lowest BCUT2D eigenvalue weighted by Gasteiger charge is -2.31. The smallest absolute Gasteiger partial charge is 0.193 e. The third kappa shape index (κ3) is 4.84. The summed E-state index contributed by atoms with van der Waals surface area (Å²) >= 11 is 1.66. The van der Waals surface area contributed by atoms with E-state index in [9.17, 15) is 0 Å². The lowest BCUT2D eigenvalue weighted by atomic mass is 9.83. The van der Waals surface area contributed by atoms with E-state index in [0.717, 1.165) is 35.0 Å². The van der Waals surface area contributed by atoms with Crippen LogP contribution in [0, 0.1) is 11.8 Å². The molecule has 1 aliphatic carbocycles. The number of nitrogens with one attached hydrogen (secondary N) is 1. The monoisotopic (exact) mass is 461 g/mol. The van der Waals surface area contributed by atoms with Crippen molar-refractivity contribution in [3.63, 3.8) is 0 Å². The highest BCUT2D eigenvalue weighted by molar-refractivity contribution is 14.0. The molecule has 1 saturated carbocycles. The number of hydrogen-bond donors (Lipinski definition) is 1. The zero-order chi connectivity index (χ0) is 16.2. The van der Waals surface area contributed by atoms with Crippen LogP contribution in [0.2, 0.25) is 0 Å². The molecule has 3 rings (SSSR count). The standard InChI is InChI=1S/C17H27N5S.HI/c1-13-4-6-14(7-5-13)11-21(3)16(18-2)19-10-15-12-22-8-9-23-17(22)20-15;/h8-9,12-14H,4-7,10-11H2,1-3H3,(H,18,19);1H. The molecule has 1 fully saturated rings. The van der Waals surface area contributed by atoms with Crippen LogP contribution in [-0.2, 0) is 6.54 Å². The summed E-state index contributed by atoms with van der Waals surface area (Å²) in [5, 5.41) is 5.49. The highest BCUT2D eigenvalue weighted by Crippen LogP contribution is 2.28. The quantitative estimate of drug-likeness (QED) is 0.428. The van der Waals surface area contributed by atoms with Crippen molar-refractivity contribution in [3.8, 4) is 0 Å². The van der Waals surface area contributed by atoms with Crippen LogP contribution in [0.3, 0.4) is 0 Å². The fraction of sp³-hybridized carbons (Fsp3) is 0.647. The van der Waals surface area contributed by atoms with Crippen molar-refractivity contribution >= 4 is 46.2 Å². The van der Waals surface area contributed by atoms with Crippen LogP contribution in [0.4, 0.5) is 0 Å². The van der Waals surface area contributed by atoms with Crippen molar-refractivity contribution in [1.29, 1.82) is 0 Å². The van der Waals surface area contributed by atoms with Crippen molar-refractivity contribution in [2.24, 2.45) is 16.8 Å². The van der Waals surface area contributed by atoms with Gasteiger partial charge in [0.2, 0.25) is 0 Å². The third-order valence-electron chi connectivity index (χ3n) is 4.81. The molecule has 24 heavy (non-hydrogen) atoms. The van der Waals surface area contributed by atoms with Crippen LogP contribution in [0.15, 0.2) is 22.8 Å². The maximum absolute atomic E-state index is 4.61. The number of aromatic nitrogens is 2. The van der Waals surface area contributed by atoms with Crippen LogP contribution >= 0.6 is 35.3 Å². The van der Waals surface area contributed by atoms with Crippen molar-refractivity contribution in [2.45, 2.75) is 39.2 Å². The Bertz CT molecular complexity index is 628. The van der Waals surface area contributed by atoms with E-state index in [-0.39, 0.29) is 24.0 Å². The lowest BCUT2D eigenvalue weighted by molar-refractivity contribution is 0.250. The fourth-order valence-electron chi connectivity index (χ4n) is 3.40. The van der Waals surface area contributed by atoms with Crippen molar-refractivity contribution in [2.75, 3.05) is 20.6 Å². The summed E-state index contributed by atoms with van der Waals surface area (Å²) in [5.41, 5.74) is 1.05. The Morgan fingerprint density at radius 3 is 2.83 bits per heavy atom. The summed E-state index contributed by atoms with van der Waals surface area (Å²) in [6.07, 6.45) is 9.56. The molecule has 134 valence electrons. The Hall–Kier alpha value is -0.830. The van der Waals surface area contributed by atoms with Crippen LogP contribution in [0.1, 0.15) is 38.3 Å². The predicted molar refractivity (Wildman–Crippen MR) is 112 cm³/mol. The number of halogens is 1. The normalized spacial score (nSPS) is 21.5. The second kappa shape index (κ2) is 9.03. The first kappa shape index (κ1) is 19.5. The molecule has 0 unspecified atom stereocenters. The summed E-state index contributed by atoms with van der Waals surface area (Å²) in [5.74, 6) is 2.66. The van der Waals surface area contributed by atoms with Crippen molar-refractivity contribution in [1.82, 2.24) is 19.6 Å². The first-order chi connectivity index (χ1) is 11.2. The van der Waals surface area contributed by atoms with Crippen molar-refractivity contribution in [3.05, 3.63) is 23.5 Å². The summed E-state index contributed by atoms with van der Waals surface area (Å²) in [7, 11) is 3.99. The van der Waals surface area contributed by atoms with E-state index in [1.165, 1.54) is 25.7 Å². The number of thiazole rings is 1. The number of aliphatic imine (C=N–C) groups is 1. The largest absolute Gasteiger partial charge is 0.351 e. The molecule has 1 aliphatic rings. The van der Waals surface area contributed by atoms with Crippen LogP contribution < -0.4 is 5.32 Å². The van der Waals surface area contributed by atoms with Gasteiger partial charge in [-0.2, -0.15) is 0 Å². The second-order valence-corrected chi connectivity index (χ2v) is 7.61. The molecule has 0 aromatic carbocycles. The second-order valence-electron chi connectivity index (χ2n) is 6.73. The van der Waals surface area contributed by atoms with Crippen LogP contribution in [0.5, 0.6) is 0 Å². The molecule has 0 atom stereocenters. The van der Waals surface area contributed by atoms with Gasteiger partial charge in [-0.1, -0.05) is 19.8 Å². The van der Waals surface area contributed by atoms with Gasteiger partial charge in [-0.3, -0.25) is 9.39 Å². The maximum Gasteiger partial charge on any atom is 0.193 e. The summed E-state index contributed by atoms with van der Waals surface area (Å²) in [6, 6.07) is 0. The number of fused-ring (bicyclic) bond motifs is 1. The number of imidazole rings is 1. The summed E-state index contributed by atoms with van der Waals surface area (Å²) in [6.45, 7) is 4.17. The van der Waals surface area contributed by atoms with Gasteiger partial charge in [0.05, 0.1) is 12.2 Å². The molecule has 5 nitrogen and oxygen atoms in total. The van der Waals surface area contributed by atoms with Gasteiger partial charge < -0.3 is 10.2 Å². The summed E-state index contributed by atoms with van der Waals surface area (Å²) < 4.78 is 2.07. The zero-order valence-corrected chi connectivity index (χ0v) is 17.9. The van der Waals surface area contributed by atoms with Crippen LogP contribution in [-0.4, -0.2) is 40.9 Å². The maximum atomic E-state index is 4.61. The molecular formula is C17H28IN5S. The minimum absolute atomic E-state index is 0. The third-order valence-corrected chi connectivity index (χ3v) is 5.58. The molecule has 0 spiro atoms. The predicted octanol–water partition coefficient (Wildman–Crippen LogP) is 3.85. The molecule has 2 aromatic heterocycles. The molecule has 7 heteroatoms. The molecule has 0 bridgehead atoms. The average molecular weight is 461 g/mol. The molecule has 0 aliphatic heterocycles. The first-order valence-electron chi connectivity index (χ1n) is 8.48. The SMILES string of the molecule is CN=C(NCc1cn2ccsc2n1)N(C)CC1CCC(C)CC1.I. The van der Waals surface area contributed by atoms with E-state index in [2.05, 4.69) is 50.1 Å². The van der Waals surface area contributed by atoms with E-state index in [0.29, 0.717) is 6.54 Å². The fourth-order valence-corrected chi connectivity index (χ4v) is 4.12. The van der Waals surface area contributed by atoms with Gasteiger partial charge in [-0.05, 0) is 24.7 Å². The number of hydrogen-bond acceptors (Lipinski definition) is 3. The van der Waals surface area contributed by atoms with Crippen molar-refractivity contribution < 1.29 is 0 Å². The van der Waals surface area contributed by atoms with Gasteiger partial charge in [-0.15, -0.1) is 35.3 Å². The zero-order valence-electron chi connectivity index (χ0n) is 14.7. The van der Waals surface area contributed by atoms with Gasteiger partial charge in [0.15, 0.2) is 10.9 Å². The Morgan fingerprint density at radius 2 is 2.17 bits per heavy atom. The van der Waals surface area contributed by atoms with E-state index < -0.39 is 0 Å². The molecular weight excluding hydrogens is 433 g/mol. The molecule has 0 radical (unpaired) electrons. The molecule has 1 N–H and O–H groups in total. The number of nitrogens with zero attached hydrogens (tertiary/aromatic N) is 4. The Kier molecular flexibility index (Phi) is 7.34. The number of rotatable bonds is 4. The Morgan fingerprint density at radius 1 is 1.42 bits per heavy atom. The van der Waals surface area contributed by atoms with Gasteiger partial charge in [0.25, 0.3) is 0 Å². The summed E-state index contributed by atoms with van der Waals surface area (Å²) in [4.78, 5) is 12.3. The Balaban J connectivity index is 0.00000208. The van der Waals surface area contributed by atoms with Gasteiger partial charge in [-0.25, -0.2) is 4.98 Å². The van der Waals surface area contributed by atoms with E-state index >= 15 is 0 Å². The van der Waals surface area contributed by atoms with Gasteiger partial charge >= 0.3 is 0 Å². The molecule has 2 heterocycles. The minimum Gasteiger partial charge on any atom is -0.351 e. The first-order valence-corrected chi connectivity index (χ1v) is 9.36. The lowest BCUT2D eigenvalue weighted by Crippen LogP contribution is -2.41.